The Balaban J connectivity index is 0.000000359. The third-order valence-corrected chi connectivity index (χ3v) is 6.94. The average molecular weight is 627 g/mol. The van der Waals surface area contributed by atoms with E-state index in [4.69, 9.17) is 0 Å². The van der Waals surface area contributed by atoms with Gasteiger partial charge >= 0.3 is 30.1 Å². The second-order valence-electron chi connectivity index (χ2n) is 9.96. The van der Waals surface area contributed by atoms with Crippen molar-refractivity contribution in [2.75, 3.05) is 36.0 Å². The van der Waals surface area contributed by atoms with E-state index in [9.17, 15) is 53.9 Å². The number of amides is 1. The molecular weight excluding hydrogens is 599 g/mol. The number of alkyl halides is 9. The number of nitrogens with one attached hydrogen (secondary N) is 1. The molecule has 0 bridgehead atoms. The van der Waals surface area contributed by atoms with Crippen molar-refractivity contribution < 1.29 is 53.9 Å². The molecule has 3 heterocycles. The molecule has 0 spiro atoms. The van der Waals surface area contributed by atoms with Gasteiger partial charge in [-0.15, -0.1) is 0 Å². The van der Waals surface area contributed by atoms with Crippen LogP contribution in [-0.4, -0.2) is 67.0 Å². The quantitative estimate of drug-likeness (QED) is 0.356. The minimum atomic E-state index is -5.77. The molecule has 43 heavy (non-hydrogen) atoms. The number of nitrogens with zero attached hydrogens (tertiary/aromatic N) is 3. The van der Waals surface area contributed by atoms with Crippen molar-refractivity contribution in [1.29, 1.82) is 0 Å². The summed E-state index contributed by atoms with van der Waals surface area (Å²) < 4.78 is 105. The van der Waals surface area contributed by atoms with Gasteiger partial charge in [0, 0.05) is 61.9 Å². The van der Waals surface area contributed by atoms with Gasteiger partial charge in [-0.25, -0.2) is 0 Å². The maximum Gasteiger partial charge on any atom is 0.458 e. The lowest BCUT2D eigenvalue weighted by Gasteiger charge is -2.37. The third kappa shape index (κ3) is 9.58. The van der Waals surface area contributed by atoms with Crippen LogP contribution in [0.25, 0.3) is 0 Å². The van der Waals surface area contributed by atoms with E-state index in [0.29, 0.717) is 6.54 Å². The van der Waals surface area contributed by atoms with Gasteiger partial charge in [-0.3, -0.25) is 19.4 Å². The minimum Gasteiger partial charge on any atom is -0.371 e. The molecule has 0 radical (unpaired) electrons. The van der Waals surface area contributed by atoms with Crippen LogP contribution in [0.3, 0.4) is 0 Å². The van der Waals surface area contributed by atoms with Gasteiger partial charge in [0.05, 0.1) is 5.56 Å². The van der Waals surface area contributed by atoms with E-state index in [1.807, 2.05) is 12.1 Å². The predicted octanol–water partition coefficient (Wildman–Crippen LogP) is 5.35. The highest BCUT2D eigenvalue weighted by Gasteiger charge is 2.54. The molecule has 1 atom stereocenters. The van der Waals surface area contributed by atoms with Gasteiger partial charge in [0.15, 0.2) is 0 Å². The molecule has 1 aromatic carbocycles. The van der Waals surface area contributed by atoms with E-state index >= 15 is 0 Å². The summed E-state index contributed by atoms with van der Waals surface area (Å²) in [6, 6.07) is 9.25. The Bertz CT molecular complexity index is 1220. The molecule has 2 fully saturated rings. The maximum atomic E-state index is 12.8. The molecule has 16 heteroatoms. The summed E-state index contributed by atoms with van der Waals surface area (Å²) in [6.45, 7) is 3.07. The molecule has 2 saturated heterocycles. The highest BCUT2D eigenvalue weighted by Crippen LogP contribution is 2.31. The number of Topliss-reactive ketones (excluding diaryl/α,β-unsaturated/α-hetero) is 2. The highest BCUT2D eigenvalue weighted by molar-refractivity contribution is 6.41. The lowest BCUT2D eigenvalue weighted by atomic mass is 9.94. The Morgan fingerprint density at radius 2 is 1.21 bits per heavy atom. The molecule has 0 aliphatic carbocycles. The topological polar surface area (TPSA) is 82.6 Å². The number of piperidine rings is 2. The molecular formula is C27H27F9N4O3. The zero-order chi connectivity index (χ0) is 32.0. The zero-order valence-corrected chi connectivity index (χ0v) is 22.4. The molecule has 0 saturated carbocycles. The number of pyridine rings is 1. The lowest BCUT2D eigenvalue weighted by molar-refractivity contribution is -0.193. The van der Waals surface area contributed by atoms with E-state index in [1.165, 1.54) is 12.1 Å². The first-order chi connectivity index (χ1) is 20.0. The van der Waals surface area contributed by atoms with Crippen LogP contribution in [0.15, 0.2) is 48.8 Å². The van der Waals surface area contributed by atoms with Gasteiger partial charge in [0.25, 0.3) is 0 Å². The fourth-order valence-electron chi connectivity index (χ4n) is 4.72. The summed E-state index contributed by atoms with van der Waals surface area (Å²) in [5, 5.41) is 3.19. The lowest BCUT2D eigenvalue weighted by Crippen LogP contribution is -2.50. The maximum absolute atomic E-state index is 12.8. The second-order valence-corrected chi connectivity index (χ2v) is 9.96. The Morgan fingerprint density at radius 3 is 1.70 bits per heavy atom. The van der Waals surface area contributed by atoms with Gasteiger partial charge in [-0.2, -0.15) is 39.5 Å². The van der Waals surface area contributed by atoms with Crippen molar-refractivity contribution >= 4 is 28.8 Å². The van der Waals surface area contributed by atoms with Gasteiger partial charge in [0.2, 0.25) is 5.91 Å². The van der Waals surface area contributed by atoms with Crippen molar-refractivity contribution in [3.05, 3.63) is 54.4 Å². The summed E-state index contributed by atoms with van der Waals surface area (Å²) in [5.74, 6) is -6.72. The van der Waals surface area contributed by atoms with E-state index < -0.39 is 35.7 Å². The van der Waals surface area contributed by atoms with Crippen LogP contribution in [0.2, 0.25) is 0 Å². The molecule has 2 aliphatic heterocycles. The molecule has 1 N–H and O–H groups in total. The molecule has 2 aromatic rings. The number of anilines is 2. The molecule has 1 aromatic heterocycles. The first-order valence-corrected chi connectivity index (χ1v) is 13.1. The molecule has 1 amide bonds. The smallest absolute Gasteiger partial charge is 0.371 e. The number of rotatable bonds is 5. The molecule has 4 rings (SSSR count). The van der Waals surface area contributed by atoms with Crippen LogP contribution in [0.5, 0.6) is 0 Å². The van der Waals surface area contributed by atoms with Crippen molar-refractivity contribution in [2.24, 2.45) is 5.92 Å². The molecule has 2 aliphatic rings. The minimum absolute atomic E-state index is 0.000433. The Morgan fingerprint density at radius 1 is 0.698 bits per heavy atom. The van der Waals surface area contributed by atoms with E-state index in [1.54, 1.807) is 12.4 Å². The number of halogens is 9. The highest BCUT2D eigenvalue weighted by atomic mass is 19.4. The van der Waals surface area contributed by atoms with Gasteiger partial charge < -0.3 is 15.1 Å². The van der Waals surface area contributed by atoms with Crippen molar-refractivity contribution in [3.63, 3.8) is 0 Å². The standard InChI is InChI=1S/C23H27F3N4O.C4F6O2/c24-23(25,26)18-3-5-20(6-4-18)30-13-1-2-19(16-30)28-22(31)17-9-14-29(15-10-17)21-7-11-27-12-8-21;5-3(6,7)1(11)2(12)4(8,9)10/h3-8,11-12,17,19H,1-2,9-10,13-16H2,(H,28,31);/t19-;/m1./s1. The van der Waals surface area contributed by atoms with Gasteiger partial charge in [-0.05, 0) is 62.1 Å². The van der Waals surface area contributed by atoms with Crippen LogP contribution >= 0.6 is 0 Å². The largest absolute Gasteiger partial charge is 0.458 e. The van der Waals surface area contributed by atoms with E-state index in [0.717, 1.165) is 68.8 Å². The normalized spacial score (nSPS) is 18.4. The van der Waals surface area contributed by atoms with Crippen LogP contribution in [0.4, 0.5) is 50.9 Å². The van der Waals surface area contributed by atoms with E-state index in [2.05, 4.69) is 20.1 Å². The second kappa shape index (κ2) is 13.6. The number of hydrogen-bond donors (Lipinski definition) is 1. The summed E-state index contributed by atoms with van der Waals surface area (Å²) in [4.78, 5) is 40.4. The summed E-state index contributed by atoms with van der Waals surface area (Å²) in [7, 11) is 0. The Kier molecular flexibility index (Phi) is 10.7. The van der Waals surface area contributed by atoms with Gasteiger partial charge in [-0.1, -0.05) is 0 Å². The number of ketones is 2. The fourth-order valence-corrected chi connectivity index (χ4v) is 4.72. The molecule has 7 nitrogen and oxygen atoms in total. The molecule has 0 unspecified atom stereocenters. The van der Waals surface area contributed by atoms with Crippen LogP contribution < -0.4 is 15.1 Å². The zero-order valence-electron chi connectivity index (χ0n) is 22.4. The number of hydrogen-bond acceptors (Lipinski definition) is 6. The SMILES string of the molecule is O=C(C(=O)C(F)(F)F)C(F)(F)F.O=C(N[C@@H]1CCCN(c2ccc(C(F)(F)F)cc2)C1)C1CCN(c2ccncc2)CC1. The van der Waals surface area contributed by atoms with Crippen LogP contribution in [0.1, 0.15) is 31.2 Å². The van der Waals surface area contributed by atoms with Crippen LogP contribution in [-0.2, 0) is 20.6 Å². The van der Waals surface area contributed by atoms with Crippen molar-refractivity contribution in [1.82, 2.24) is 10.3 Å². The van der Waals surface area contributed by atoms with Crippen LogP contribution in [0, 0.1) is 5.92 Å². The monoisotopic (exact) mass is 626 g/mol. The number of carbonyl (C=O) groups excluding carboxylic acids is 3. The average Bonchev–Trinajstić information content (AvgIpc) is 2.96. The summed E-state index contributed by atoms with van der Waals surface area (Å²) >= 11 is 0. The fraction of sp³-hybridized carbons (Fsp3) is 0.481. The number of carbonyl (C=O) groups is 3. The van der Waals surface area contributed by atoms with Crippen molar-refractivity contribution in [3.8, 4) is 0 Å². The summed E-state index contributed by atoms with van der Waals surface area (Å²) in [6.07, 6.45) is -8.92. The number of aromatic nitrogens is 1. The van der Waals surface area contributed by atoms with Gasteiger partial charge in [0.1, 0.15) is 0 Å². The Labute approximate surface area is 240 Å². The summed E-state index contributed by atoms with van der Waals surface area (Å²) in [5.41, 5.74) is 1.25. The third-order valence-electron chi connectivity index (χ3n) is 6.94. The number of benzene rings is 1. The first-order valence-electron chi connectivity index (χ1n) is 13.1. The van der Waals surface area contributed by atoms with Crippen molar-refractivity contribution in [2.45, 2.75) is 50.3 Å². The predicted molar refractivity (Wildman–Crippen MR) is 136 cm³/mol. The molecule has 236 valence electrons. The van der Waals surface area contributed by atoms with E-state index in [-0.39, 0.29) is 17.9 Å². The Hall–Kier alpha value is -3.85. The first kappa shape index (κ1) is 33.6.